The summed E-state index contributed by atoms with van der Waals surface area (Å²) in [6, 6.07) is 6.49. The Bertz CT molecular complexity index is 963. The summed E-state index contributed by atoms with van der Waals surface area (Å²) >= 11 is 0. The lowest BCUT2D eigenvalue weighted by molar-refractivity contribution is 0.370. The Morgan fingerprint density at radius 1 is 1.24 bits per heavy atom. The lowest BCUT2D eigenvalue weighted by Gasteiger charge is -2.21. The van der Waals surface area contributed by atoms with Crippen LogP contribution in [0.4, 0.5) is 4.39 Å². The number of hydrogen-bond acceptors (Lipinski definition) is 4. The van der Waals surface area contributed by atoms with E-state index in [4.69, 9.17) is 4.74 Å². The zero-order chi connectivity index (χ0) is 17.4. The van der Waals surface area contributed by atoms with E-state index in [0.29, 0.717) is 17.0 Å². The Morgan fingerprint density at radius 3 is 2.88 bits per heavy atom. The van der Waals surface area contributed by atoms with E-state index in [-0.39, 0.29) is 5.82 Å². The van der Waals surface area contributed by atoms with Gasteiger partial charge in [-0.2, -0.15) is 0 Å². The molecule has 0 spiro atoms. The van der Waals surface area contributed by atoms with E-state index >= 15 is 0 Å². The first-order chi connectivity index (χ1) is 12.2. The van der Waals surface area contributed by atoms with Crippen molar-refractivity contribution in [3.63, 3.8) is 0 Å². The Hall–Kier alpha value is -2.73. The molecule has 6 heteroatoms. The molecular formula is C19H19FN4O. The van der Waals surface area contributed by atoms with Crippen molar-refractivity contribution in [2.45, 2.75) is 6.42 Å². The van der Waals surface area contributed by atoms with Crippen molar-refractivity contribution in [3.8, 4) is 17.0 Å². The molecule has 3 heterocycles. The van der Waals surface area contributed by atoms with Crippen LogP contribution in [-0.2, 0) is 0 Å². The van der Waals surface area contributed by atoms with Gasteiger partial charge in [0.1, 0.15) is 23.5 Å². The van der Waals surface area contributed by atoms with Gasteiger partial charge in [-0.05, 0) is 43.3 Å². The highest BCUT2D eigenvalue weighted by atomic mass is 19.1. The molecule has 0 saturated carbocycles. The van der Waals surface area contributed by atoms with Crippen LogP contribution in [0.3, 0.4) is 0 Å². The molecule has 0 radical (unpaired) electrons. The molecule has 0 amide bonds. The van der Waals surface area contributed by atoms with Gasteiger partial charge in [-0.25, -0.2) is 14.4 Å². The largest absolute Gasteiger partial charge is 0.496 e. The smallest absolute Gasteiger partial charge is 0.141 e. The molecule has 1 aliphatic rings. The molecule has 0 unspecified atom stereocenters. The fraction of sp³-hybridized carbons (Fsp3) is 0.263. The van der Waals surface area contributed by atoms with Crippen LogP contribution in [0.5, 0.6) is 5.75 Å². The van der Waals surface area contributed by atoms with Gasteiger partial charge in [-0.3, -0.25) is 0 Å². The molecule has 0 saturated heterocycles. The van der Waals surface area contributed by atoms with Crippen molar-refractivity contribution < 1.29 is 9.13 Å². The minimum Gasteiger partial charge on any atom is -0.496 e. The fourth-order valence-electron chi connectivity index (χ4n) is 3.21. The number of nitrogens with zero attached hydrogens (tertiary/aromatic N) is 3. The summed E-state index contributed by atoms with van der Waals surface area (Å²) in [7, 11) is 3.68. The summed E-state index contributed by atoms with van der Waals surface area (Å²) in [6.07, 6.45) is 4.70. The van der Waals surface area contributed by atoms with Crippen molar-refractivity contribution in [1.82, 2.24) is 19.9 Å². The SMILES string of the molecule is COc1ccc(F)cc1-c1ncnc2[nH]c(C3=CCN(C)CC3)cc12. The predicted molar refractivity (Wildman–Crippen MR) is 95.9 cm³/mol. The van der Waals surface area contributed by atoms with E-state index in [2.05, 4.69) is 33.0 Å². The Balaban J connectivity index is 1.85. The van der Waals surface area contributed by atoms with Gasteiger partial charge in [0, 0.05) is 29.7 Å². The third-order valence-corrected chi connectivity index (χ3v) is 4.60. The number of H-pyrrole nitrogens is 1. The maximum atomic E-state index is 13.8. The molecular weight excluding hydrogens is 319 g/mol. The number of methoxy groups -OCH3 is 1. The van der Waals surface area contributed by atoms with Gasteiger partial charge in [0.2, 0.25) is 0 Å². The third-order valence-electron chi connectivity index (χ3n) is 4.60. The van der Waals surface area contributed by atoms with Crippen LogP contribution in [0, 0.1) is 5.82 Å². The fourth-order valence-corrected chi connectivity index (χ4v) is 3.21. The van der Waals surface area contributed by atoms with E-state index in [0.717, 1.165) is 36.2 Å². The molecule has 0 bridgehead atoms. The maximum Gasteiger partial charge on any atom is 0.141 e. The second kappa shape index (κ2) is 6.29. The number of ether oxygens (including phenoxy) is 1. The van der Waals surface area contributed by atoms with Crippen molar-refractivity contribution >= 4 is 16.6 Å². The molecule has 0 aliphatic carbocycles. The zero-order valence-electron chi connectivity index (χ0n) is 14.2. The van der Waals surface area contributed by atoms with Gasteiger partial charge >= 0.3 is 0 Å². The maximum absolute atomic E-state index is 13.8. The summed E-state index contributed by atoms with van der Waals surface area (Å²) in [5, 5.41) is 0.862. The van der Waals surface area contributed by atoms with Crippen molar-refractivity contribution in [2.75, 3.05) is 27.2 Å². The number of aromatic nitrogens is 3. The molecule has 25 heavy (non-hydrogen) atoms. The third kappa shape index (κ3) is 2.89. The minimum atomic E-state index is -0.323. The summed E-state index contributed by atoms with van der Waals surface area (Å²) in [5.74, 6) is 0.263. The van der Waals surface area contributed by atoms with Crippen molar-refractivity contribution in [2.24, 2.45) is 0 Å². The summed E-state index contributed by atoms with van der Waals surface area (Å²) < 4.78 is 19.2. The van der Waals surface area contributed by atoms with Crippen LogP contribution in [0.2, 0.25) is 0 Å². The van der Waals surface area contributed by atoms with Crippen LogP contribution in [0.15, 0.2) is 36.7 Å². The van der Waals surface area contributed by atoms with Gasteiger partial charge in [-0.1, -0.05) is 6.08 Å². The number of fused-ring (bicyclic) bond motifs is 1. The minimum absolute atomic E-state index is 0.323. The van der Waals surface area contributed by atoms with Crippen LogP contribution in [0.1, 0.15) is 12.1 Å². The zero-order valence-corrected chi connectivity index (χ0v) is 14.2. The average molecular weight is 338 g/mol. The van der Waals surface area contributed by atoms with Crippen LogP contribution >= 0.6 is 0 Å². The number of benzene rings is 1. The number of hydrogen-bond donors (Lipinski definition) is 1. The van der Waals surface area contributed by atoms with E-state index in [9.17, 15) is 4.39 Å². The standard InChI is InChI=1S/C19H19FN4O/c1-24-7-5-12(6-8-24)16-10-15-18(21-11-22-19(15)23-16)14-9-13(20)3-4-17(14)25-2/h3-5,9-11H,6-8H2,1-2H3,(H,21,22,23). The topological polar surface area (TPSA) is 54.0 Å². The highest BCUT2D eigenvalue weighted by molar-refractivity contribution is 5.94. The van der Waals surface area contributed by atoms with E-state index in [1.807, 2.05) is 6.07 Å². The number of rotatable bonds is 3. The summed E-state index contributed by atoms with van der Waals surface area (Å²) in [5.41, 5.74) is 4.34. The van der Waals surface area contributed by atoms with E-state index in [1.54, 1.807) is 13.2 Å². The normalized spacial score (nSPS) is 15.4. The number of halogens is 1. The van der Waals surface area contributed by atoms with Gasteiger partial charge < -0.3 is 14.6 Å². The first kappa shape index (κ1) is 15.8. The van der Waals surface area contributed by atoms with Crippen LogP contribution < -0.4 is 4.74 Å². The summed E-state index contributed by atoms with van der Waals surface area (Å²) in [6.45, 7) is 1.96. The monoisotopic (exact) mass is 338 g/mol. The molecule has 5 nitrogen and oxygen atoms in total. The second-order valence-electron chi connectivity index (χ2n) is 6.25. The molecule has 1 N–H and O–H groups in total. The molecule has 2 aromatic heterocycles. The second-order valence-corrected chi connectivity index (χ2v) is 6.25. The molecule has 1 aliphatic heterocycles. The summed E-state index contributed by atoms with van der Waals surface area (Å²) in [4.78, 5) is 14.4. The first-order valence-corrected chi connectivity index (χ1v) is 8.21. The van der Waals surface area contributed by atoms with Gasteiger partial charge in [-0.15, -0.1) is 0 Å². The van der Waals surface area contributed by atoms with Gasteiger partial charge in [0.05, 0.1) is 12.8 Å². The Morgan fingerprint density at radius 2 is 2.12 bits per heavy atom. The number of likely N-dealkylation sites (N-methyl/N-ethyl adjacent to an activating group) is 1. The van der Waals surface area contributed by atoms with Crippen molar-refractivity contribution in [1.29, 1.82) is 0 Å². The molecule has 3 aromatic rings. The lowest BCUT2D eigenvalue weighted by atomic mass is 10.0. The molecule has 4 rings (SSSR count). The highest BCUT2D eigenvalue weighted by Crippen LogP contribution is 2.35. The van der Waals surface area contributed by atoms with E-state index < -0.39 is 0 Å². The molecule has 0 fully saturated rings. The average Bonchev–Trinajstić information content (AvgIpc) is 3.06. The van der Waals surface area contributed by atoms with Crippen LogP contribution in [-0.4, -0.2) is 47.1 Å². The van der Waals surface area contributed by atoms with Crippen LogP contribution in [0.25, 0.3) is 27.9 Å². The number of nitrogens with one attached hydrogen (secondary N) is 1. The molecule has 128 valence electrons. The predicted octanol–water partition coefficient (Wildman–Crippen LogP) is 3.49. The first-order valence-electron chi connectivity index (χ1n) is 8.21. The lowest BCUT2D eigenvalue weighted by Crippen LogP contribution is -2.23. The number of aromatic amines is 1. The Kier molecular flexibility index (Phi) is 3.97. The van der Waals surface area contributed by atoms with Gasteiger partial charge in [0.15, 0.2) is 0 Å². The van der Waals surface area contributed by atoms with Crippen molar-refractivity contribution in [3.05, 3.63) is 48.2 Å². The van der Waals surface area contributed by atoms with Gasteiger partial charge in [0.25, 0.3) is 0 Å². The highest BCUT2D eigenvalue weighted by Gasteiger charge is 2.17. The Labute approximate surface area is 145 Å². The quantitative estimate of drug-likeness (QED) is 0.794. The van der Waals surface area contributed by atoms with E-state index in [1.165, 1.54) is 24.0 Å². The molecule has 1 aromatic carbocycles. The molecule has 0 atom stereocenters.